The molecule has 1 aromatic rings. The average molecular weight is 160 g/mol. The minimum Gasteiger partial charge on any atom is -0.0587 e. The van der Waals surface area contributed by atoms with E-state index in [0.717, 1.165) is 0 Å². The molecular formula is C12H16. The molecule has 0 aliphatic rings. The van der Waals surface area contributed by atoms with Crippen molar-refractivity contribution >= 4 is 0 Å². The molecule has 12 heavy (non-hydrogen) atoms. The SMILES string of the molecule is CC(C)c1[c][c]ccc1C(C)C. The first kappa shape index (κ1) is 9.31. The van der Waals surface area contributed by atoms with Gasteiger partial charge in [0.25, 0.3) is 0 Å². The van der Waals surface area contributed by atoms with E-state index in [9.17, 15) is 0 Å². The summed E-state index contributed by atoms with van der Waals surface area (Å²) in [4.78, 5) is 0. The largest absolute Gasteiger partial charge is 0.0587 e. The highest BCUT2D eigenvalue weighted by molar-refractivity contribution is 5.30. The van der Waals surface area contributed by atoms with Gasteiger partial charge in [-0.3, -0.25) is 0 Å². The lowest BCUT2D eigenvalue weighted by Gasteiger charge is -2.14. The molecule has 0 spiro atoms. The topological polar surface area (TPSA) is 0 Å². The smallest absolute Gasteiger partial charge is 0.00584 e. The van der Waals surface area contributed by atoms with Crippen molar-refractivity contribution in [3.63, 3.8) is 0 Å². The van der Waals surface area contributed by atoms with Crippen LogP contribution in [-0.4, -0.2) is 0 Å². The van der Waals surface area contributed by atoms with Gasteiger partial charge in [0.2, 0.25) is 0 Å². The second-order valence-corrected chi connectivity index (χ2v) is 3.78. The van der Waals surface area contributed by atoms with Crippen molar-refractivity contribution in [3.05, 3.63) is 35.4 Å². The second-order valence-electron chi connectivity index (χ2n) is 3.78. The molecule has 0 bridgehead atoms. The molecule has 0 atom stereocenters. The van der Waals surface area contributed by atoms with Gasteiger partial charge < -0.3 is 0 Å². The van der Waals surface area contributed by atoms with E-state index in [2.05, 4.69) is 45.9 Å². The van der Waals surface area contributed by atoms with Gasteiger partial charge in [-0.1, -0.05) is 39.8 Å². The van der Waals surface area contributed by atoms with Crippen LogP contribution in [0.2, 0.25) is 0 Å². The number of hydrogen-bond acceptors (Lipinski definition) is 0. The van der Waals surface area contributed by atoms with Crippen molar-refractivity contribution in [2.45, 2.75) is 39.5 Å². The van der Waals surface area contributed by atoms with Gasteiger partial charge in [0.05, 0.1) is 0 Å². The Labute approximate surface area is 75.6 Å². The maximum atomic E-state index is 3.19. The van der Waals surface area contributed by atoms with E-state index < -0.39 is 0 Å². The van der Waals surface area contributed by atoms with E-state index in [1.54, 1.807) is 0 Å². The normalized spacial score (nSPS) is 11.2. The Morgan fingerprint density at radius 2 is 1.75 bits per heavy atom. The molecule has 0 saturated heterocycles. The van der Waals surface area contributed by atoms with Gasteiger partial charge in [-0.25, -0.2) is 0 Å². The molecule has 0 amide bonds. The van der Waals surface area contributed by atoms with Gasteiger partial charge in [0, 0.05) is 0 Å². The Balaban J connectivity index is 3.09. The first-order valence-electron chi connectivity index (χ1n) is 4.55. The lowest BCUT2D eigenvalue weighted by Crippen LogP contribution is -1.97. The number of hydrogen-bond donors (Lipinski definition) is 0. The number of benzene rings is 1. The zero-order chi connectivity index (χ0) is 9.14. The van der Waals surface area contributed by atoms with Crippen molar-refractivity contribution in [1.29, 1.82) is 0 Å². The number of rotatable bonds is 2. The van der Waals surface area contributed by atoms with Gasteiger partial charge in [0.1, 0.15) is 0 Å². The fraction of sp³-hybridized carbons (Fsp3) is 0.500. The molecular weight excluding hydrogens is 144 g/mol. The van der Waals surface area contributed by atoms with Crippen LogP contribution in [0.1, 0.15) is 50.7 Å². The standard InChI is InChI=1S/C12H16/c1-9(2)11-7-5-6-8-12(11)10(3)4/h5,7,9-10H,1-4H3. The van der Waals surface area contributed by atoms with E-state index in [0.29, 0.717) is 11.8 Å². The fourth-order valence-corrected chi connectivity index (χ4v) is 1.39. The van der Waals surface area contributed by atoms with E-state index in [4.69, 9.17) is 0 Å². The van der Waals surface area contributed by atoms with Crippen molar-refractivity contribution < 1.29 is 0 Å². The van der Waals surface area contributed by atoms with E-state index in [-0.39, 0.29) is 0 Å². The van der Waals surface area contributed by atoms with Crippen LogP contribution in [0.15, 0.2) is 12.1 Å². The lowest BCUT2D eigenvalue weighted by molar-refractivity contribution is 0.788. The van der Waals surface area contributed by atoms with Gasteiger partial charge in [-0.05, 0) is 35.1 Å². The Morgan fingerprint density at radius 3 is 2.17 bits per heavy atom. The van der Waals surface area contributed by atoms with Gasteiger partial charge in [-0.15, -0.1) is 0 Å². The van der Waals surface area contributed by atoms with Crippen molar-refractivity contribution in [1.82, 2.24) is 0 Å². The summed E-state index contributed by atoms with van der Waals surface area (Å²) in [6, 6.07) is 10.3. The third-order valence-electron chi connectivity index (χ3n) is 2.06. The summed E-state index contributed by atoms with van der Waals surface area (Å²) < 4.78 is 0. The Morgan fingerprint density at radius 1 is 1.08 bits per heavy atom. The summed E-state index contributed by atoms with van der Waals surface area (Å²) in [6.07, 6.45) is 0. The summed E-state index contributed by atoms with van der Waals surface area (Å²) in [5.74, 6) is 1.15. The minimum atomic E-state index is 0.555. The summed E-state index contributed by atoms with van der Waals surface area (Å²) in [5, 5.41) is 0. The third-order valence-corrected chi connectivity index (χ3v) is 2.06. The molecule has 0 heteroatoms. The maximum Gasteiger partial charge on any atom is -0.00584 e. The van der Waals surface area contributed by atoms with Gasteiger partial charge in [0.15, 0.2) is 0 Å². The highest BCUT2D eigenvalue weighted by atomic mass is 14.1. The molecule has 64 valence electrons. The molecule has 0 unspecified atom stereocenters. The summed E-state index contributed by atoms with van der Waals surface area (Å²) in [6.45, 7) is 8.83. The molecule has 0 saturated carbocycles. The fourth-order valence-electron chi connectivity index (χ4n) is 1.39. The molecule has 1 aromatic carbocycles. The van der Waals surface area contributed by atoms with Crippen molar-refractivity contribution in [2.24, 2.45) is 0 Å². The van der Waals surface area contributed by atoms with E-state index in [1.807, 2.05) is 6.07 Å². The molecule has 0 aliphatic heterocycles. The highest BCUT2D eigenvalue weighted by Crippen LogP contribution is 2.24. The summed E-state index contributed by atoms with van der Waals surface area (Å²) in [7, 11) is 0. The van der Waals surface area contributed by atoms with Crippen LogP contribution in [0.5, 0.6) is 0 Å². The molecule has 2 radical (unpaired) electrons. The summed E-state index contributed by atoms with van der Waals surface area (Å²) >= 11 is 0. The van der Waals surface area contributed by atoms with E-state index >= 15 is 0 Å². The molecule has 1 rings (SSSR count). The molecule has 0 fully saturated rings. The second kappa shape index (κ2) is 3.75. The van der Waals surface area contributed by atoms with Gasteiger partial charge >= 0.3 is 0 Å². The summed E-state index contributed by atoms with van der Waals surface area (Å²) in [5.41, 5.74) is 2.72. The van der Waals surface area contributed by atoms with Crippen LogP contribution >= 0.6 is 0 Å². The van der Waals surface area contributed by atoms with Crippen LogP contribution in [0, 0.1) is 12.1 Å². The van der Waals surface area contributed by atoms with Crippen molar-refractivity contribution in [2.75, 3.05) is 0 Å². The van der Waals surface area contributed by atoms with Crippen LogP contribution in [-0.2, 0) is 0 Å². The zero-order valence-corrected chi connectivity index (χ0v) is 8.31. The lowest BCUT2D eigenvalue weighted by atomic mass is 9.91. The predicted molar refractivity (Wildman–Crippen MR) is 52.3 cm³/mol. The van der Waals surface area contributed by atoms with Crippen LogP contribution in [0.3, 0.4) is 0 Å². The quantitative estimate of drug-likeness (QED) is 0.620. The third kappa shape index (κ3) is 1.88. The first-order chi connectivity index (χ1) is 5.63. The molecule has 0 nitrogen and oxygen atoms in total. The zero-order valence-electron chi connectivity index (χ0n) is 8.31. The van der Waals surface area contributed by atoms with Crippen LogP contribution in [0.4, 0.5) is 0 Å². The van der Waals surface area contributed by atoms with E-state index in [1.165, 1.54) is 11.1 Å². The predicted octanol–water partition coefficient (Wildman–Crippen LogP) is 3.53. The molecule has 0 aromatic heterocycles. The molecule has 0 aliphatic carbocycles. The van der Waals surface area contributed by atoms with Crippen molar-refractivity contribution in [3.8, 4) is 0 Å². The van der Waals surface area contributed by atoms with Crippen LogP contribution < -0.4 is 0 Å². The van der Waals surface area contributed by atoms with Gasteiger partial charge in [-0.2, -0.15) is 0 Å². The maximum absolute atomic E-state index is 3.19. The average Bonchev–Trinajstić information content (AvgIpc) is 2.04. The molecule has 0 N–H and O–H groups in total. The minimum absolute atomic E-state index is 0.555. The molecule has 0 heterocycles. The monoisotopic (exact) mass is 160 g/mol. The Hall–Kier alpha value is -0.780. The first-order valence-corrected chi connectivity index (χ1v) is 4.55. The highest BCUT2D eigenvalue weighted by Gasteiger charge is 2.08. The van der Waals surface area contributed by atoms with Crippen LogP contribution in [0.25, 0.3) is 0 Å². The Kier molecular flexibility index (Phi) is 2.91. The Bertz CT molecular complexity index is 219.